The summed E-state index contributed by atoms with van der Waals surface area (Å²) in [6.07, 6.45) is 1.46. The van der Waals surface area contributed by atoms with Gasteiger partial charge in [0.1, 0.15) is 23.0 Å². The quantitative estimate of drug-likeness (QED) is 0.186. The Bertz CT molecular complexity index is 1890. The van der Waals surface area contributed by atoms with E-state index in [2.05, 4.69) is 0 Å². The maximum absolute atomic E-state index is 13.7. The third kappa shape index (κ3) is 4.23. The minimum atomic E-state index is -0.704. The van der Waals surface area contributed by atoms with Gasteiger partial charge in [0, 0.05) is 41.8 Å². The van der Waals surface area contributed by atoms with Crippen molar-refractivity contribution in [2.24, 2.45) is 7.05 Å². The molecule has 6 rings (SSSR count). The van der Waals surface area contributed by atoms with Crippen LogP contribution in [0.5, 0.6) is 34.5 Å². The number of carbonyl (C=O) groups excluding carboxylic acids is 2. The zero-order valence-corrected chi connectivity index (χ0v) is 23.6. The average Bonchev–Trinajstić information content (AvgIpc) is 3.32. The number of aromatic nitrogens is 1. The van der Waals surface area contributed by atoms with Crippen LogP contribution in [0.2, 0.25) is 0 Å². The molecule has 2 aliphatic rings. The first-order chi connectivity index (χ1) is 20.3. The van der Waals surface area contributed by atoms with E-state index in [-0.39, 0.29) is 35.0 Å². The first-order valence-corrected chi connectivity index (χ1v) is 13.1. The molecular weight excluding hydrogens is 542 g/mol. The fourth-order valence-electron chi connectivity index (χ4n) is 5.52. The van der Waals surface area contributed by atoms with Gasteiger partial charge in [-0.2, -0.15) is 0 Å². The van der Waals surface area contributed by atoms with Crippen molar-refractivity contribution in [3.05, 3.63) is 86.9 Å². The highest BCUT2D eigenvalue weighted by Gasteiger charge is 2.39. The minimum absolute atomic E-state index is 0.0399. The molecule has 1 aromatic heterocycles. The molecule has 1 unspecified atom stereocenters. The van der Waals surface area contributed by atoms with E-state index in [4.69, 9.17) is 28.4 Å². The van der Waals surface area contributed by atoms with Crippen LogP contribution in [0.4, 0.5) is 0 Å². The lowest BCUT2D eigenvalue weighted by Crippen LogP contribution is -2.29. The van der Waals surface area contributed by atoms with Crippen molar-refractivity contribution < 1.29 is 38.0 Å². The summed E-state index contributed by atoms with van der Waals surface area (Å²) in [6, 6.07) is 13.7. The van der Waals surface area contributed by atoms with E-state index >= 15 is 0 Å². The monoisotopic (exact) mass is 569 g/mol. The molecule has 4 aromatic rings. The highest BCUT2D eigenvalue weighted by molar-refractivity contribution is 6.15. The predicted molar refractivity (Wildman–Crippen MR) is 153 cm³/mol. The van der Waals surface area contributed by atoms with Gasteiger partial charge in [0.05, 0.1) is 45.9 Å². The van der Waals surface area contributed by atoms with Crippen LogP contribution in [-0.4, -0.2) is 44.8 Å². The molecule has 0 bridgehead atoms. The standard InChI is InChI=1S/C32H27NO9/c1-33-22-13-18(37-2)7-6-16(22)10-21(32(33)36)20-14-28(34)41-23-9-8-19-30(35)27(42-31(19)29(20)23)12-17-11-25(39-4)26(40-5)15-24(17)38-3/h6-13,15,20H,14H2,1-5H3/b27-12-. The summed E-state index contributed by atoms with van der Waals surface area (Å²) in [5.41, 5.74) is 2.07. The lowest BCUT2D eigenvalue weighted by molar-refractivity contribution is -0.135. The number of hydrogen-bond donors (Lipinski definition) is 0. The van der Waals surface area contributed by atoms with Crippen LogP contribution >= 0.6 is 0 Å². The molecule has 0 amide bonds. The third-order valence-electron chi connectivity index (χ3n) is 7.64. The zero-order chi connectivity index (χ0) is 29.7. The fraction of sp³-hybridized carbons (Fsp3) is 0.219. The molecule has 0 fully saturated rings. The predicted octanol–water partition coefficient (Wildman–Crippen LogP) is 4.63. The molecular formula is C32H27NO9. The Morgan fingerprint density at radius 1 is 0.833 bits per heavy atom. The number of hydrogen-bond acceptors (Lipinski definition) is 9. The maximum Gasteiger partial charge on any atom is 0.312 e. The van der Waals surface area contributed by atoms with Crippen LogP contribution in [0.15, 0.2) is 59.1 Å². The number of ketones is 1. The molecule has 0 saturated carbocycles. The molecule has 0 N–H and O–H groups in total. The molecule has 3 aromatic carbocycles. The smallest absolute Gasteiger partial charge is 0.312 e. The van der Waals surface area contributed by atoms with Gasteiger partial charge >= 0.3 is 5.97 Å². The summed E-state index contributed by atoms with van der Waals surface area (Å²) in [5.74, 6) is 0.946. The number of Topliss-reactive ketones (excluding diaryl/α,β-unsaturated/α-hetero) is 1. The minimum Gasteiger partial charge on any atom is -0.497 e. The van der Waals surface area contributed by atoms with Crippen molar-refractivity contribution in [1.29, 1.82) is 0 Å². The lowest BCUT2D eigenvalue weighted by Gasteiger charge is -2.26. The first-order valence-electron chi connectivity index (χ1n) is 13.1. The molecule has 42 heavy (non-hydrogen) atoms. The van der Waals surface area contributed by atoms with E-state index in [1.54, 1.807) is 62.7 Å². The maximum atomic E-state index is 13.7. The van der Waals surface area contributed by atoms with Crippen molar-refractivity contribution in [1.82, 2.24) is 4.57 Å². The SMILES string of the molecule is COc1ccc2cc(C3CC(=O)Oc4ccc5c(c43)O/C(=C\c3cc(OC)c(OC)cc3OC)C5=O)c(=O)n(C)c2c1. The van der Waals surface area contributed by atoms with Crippen molar-refractivity contribution in [2.75, 3.05) is 28.4 Å². The summed E-state index contributed by atoms with van der Waals surface area (Å²) < 4.78 is 34.9. The molecule has 3 heterocycles. The van der Waals surface area contributed by atoms with E-state index in [1.807, 2.05) is 6.07 Å². The molecule has 0 aliphatic carbocycles. The summed E-state index contributed by atoms with van der Waals surface area (Å²) in [5, 5.41) is 0.791. The second kappa shape index (κ2) is 10.3. The van der Waals surface area contributed by atoms with Gasteiger partial charge in [-0.3, -0.25) is 14.4 Å². The van der Waals surface area contributed by atoms with Gasteiger partial charge in [0.15, 0.2) is 17.3 Å². The number of ether oxygens (including phenoxy) is 6. The van der Waals surface area contributed by atoms with Gasteiger partial charge in [-0.05, 0) is 47.9 Å². The van der Waals surface area contributed by atoms with Crippen molar-refractivity contribution in [3.8, 4) is 34.5 Å². The van der Waals surface area contributed by atoms with Crippen molar-refractivity contribution in [2.45, 2.75) is 12.3 Å². The molecule has 0 radical (unpaired) electrons. The Labute approximate surface area is 240 Å². The molecule has 214 valence electrons. The Hall–Kier alpha value is -5.25. The topological polar surface area (TPSA) is 112 Å². The third-order valence-corrected chi connectivity index (χ3v) is 7.64. The number of fused-ring (bicyclic) bond motifs is 4. The number of pyridine rings is 1. The van der Waals surface area contributed by atoms with Crippen LogP contribution in [0.3, 0.4) is 0 Å². The van der Waals surface area contributed by atoms with Crippen LogP contribution in [0.1, 0.15) is 39.4 Å². The molecule has 0 saturated heterocycles. The molecule has 1 atom stereocenters. The number of aryl methyl sites for hydroxylation is 1. The van der Waals surface area contributed by atoms with Crippen molar-refractivity contribution >= 4 is 28.7 Å². The summed E-state index contributed by atoms with van der Waals surface area (Å²) in [4.78, 5) is 39.9. The normalized spacial score (nSPS) is 16.5. The van der Waals surface area contributed by atoms with Crippen molar-refractivity contribution in [3.63, 3.8) is 0 Å². The van der Waals surface area contributed by atoms with Gasteiger partial charge in [-0.15, -0.1) is 0 Å². The first kappa shape index (κ1) is 26.9. The number of methoxy groups -OCH3 is 4. The van der Waals surface area contributed by atoms with Crippen LogP contribution in [0.25, 0.3) is 17.0 Å². The summed E-state index contributed by atoms with van der Waals surface area (Å²) in [7, 11) is 7.76. The molecule has 10 heteroatoms. The summed E-state index contributed by atoms with van der Waals surface area (Å²) >= 11 is 0. The number of carbonyl (C=O) groups is 2. The van der Waals surface area contributed by atoms with E-state index in [1.165, 1.54) is 25.9 Å². The zero-order valence-electron chi connectivity index (χ0n) is 23.6. The van der Waals surface area contributed by atoms with Crippen LogP contribution in [0, 0.1) is 0 Å². The van der Waals surface area contributed by atoms with Gasteiger partial charge in [0.25, 0.3) is 5.56 Å². The molecule has 0 spiro atoms. The van der Waals surface area contributed by atoms with Crippen LogP contribution < -0.4 is 34.0 Å². The largest absolute Gasteiger partial charge is 0.497 e. The van der Waals surface area contributed by atoms with Gasteiger partial charge < -0.3 is 33.0 Å². The number of esters is 1. The van der Waals surface area contributed by atoms with E-state index in [9.17, 15) is 14.4 Å². The molecule has 2 aliphatic heterocycles. The Balaban J connectivity index is 1.49. The Morgan fingerprint density at radius 3 is 2.29 bits per heavy atom. The number of nitrogens with zero attached hydrogens (tertiary/aromatic N) is 1. The van der Waals surface area contributed by atoms with E-state index < -0.39 is 11.9 Å². The van der Waals surface area contributed by atoms with Gasteiger partial charge in [-0.25, -0.2) is 0 Å². The number of rotatable bonds is 6. The summed E-state index contributed by atoms with van der Waals surface area (Å²) in [6.45, 7) is 0. The number of benzene rings is 3. The van der Waals surface area contributed by atoms with Gasteiger partial charge in [0.2, 0.25) is 5.78 Å². The average molecular weight is 570 g/mol. The second-order valence-corrected chi connectivity index (χ2v) is 9.86. The lowest BCUT2D eigenvalue weighted by atomic mass is 9.84. The number of allylic oxidation sites excluding steroid dienone is 1. The van der Waals surface area contributed by atoms with Crippen LogP contribution in [-0.2, 0) is 11.8 Å². The Morgan fingerprint density at radius 2 is 1.57 bits per heavy atom. The van der Waals surface area contributed by atoms with E-state index in [0.717, 1.165) is 5.39 Å². The second-order valence-electron chi connectivity index (χ2n) is 9.86. The highest BCUT2D eigenvalue weighted by Crippen LogP contribution is 2.49. The Kier molecular flexibility index (Phi) is 6.61. The fourth-order valence-corrected chi connectivity index (χ4v) is 5.52. The molecule has 10 nitrogen and oxygen atoms in total. The highest BCUT2D eigenvalue weighted by atomic mass is 16.5. The van der Waals surface area contributed by atoms with E-state index in [0.29, 0.717) is 50.8 Å². The van der Waals surface area contributed by atoms with Gasteiger partial charge in [-0.1, -0.05) is 0 Å².